The Morgan fingerprint density at radius 3 is 2.70 bits per heavy atom. The lowest BCUT2D eigenvalue weighted by atomic mass is 10.2. The van der Waals surface area contributed by atoms with E-state index in [2.05, 4.69) is 9.46 Å². The zero-order chi connectivity index (χ0) is 16.9. The van der Waals surface area contributed by atoms with Crippen molar-refractivity contribution >= 4 is 28.0 Å². The van der Waals surface area contributed by atoms with Crippen LogP contribution < -0.4 is 4.72 Å². The average molecular weight is 339 g/mol. The number of esters is 2. The molecule has 1 aromatic rings. The fraction of sp³-hybridized carbons (Fsp3) is 0.333. The van der Waals surface area contributed by atoms with Crippen LogP contribution in [0.2, 0.25) is 0 Å². The van der Waals surface area contributed by atoms with E-state index in [-0.39, 0.29) is 13.0 Å². The molecular weight excluding hydrogens is 322 g/mol. The lowest BCUT2D eigenvalue weighted by Crippen LogP contribution is -2.40. The van der Waals surface area contributed by atoms with Gasteiger partial charge in [-0.1, -0.05) is 30.3 Å². The minimum atomic E-state index is -3.82. The maximum Gasteiger partial charge on any atom is 0.347 e. The van der Waals surface area contributed by atoms with Crippen molar-refractivity contribution in [3.8, 4) is 0 Å². The molecule has 2 rings (SSSR count). The van der Waals surface area contributed by atoms with Gasteiger partial charge in [-0.3, -0.25) is 4.79 Å². The van der Waals surface area contributed by atoms with Crippen molar-refractivity contribution in [3.05, 3.63) is 41.3 Å². The van der Waals surface area contributed by atoms with E-state index in [4.69, 9.17) is 4.74 Å². The number of hydrogen-bond acceptors (Lipinski definition) is 6. The van der Waals surface area contributed by atoms with Crippen molar-refractivity contribution in [2.75, 3.05) is 6.61 Å². The van der Waals surface area contributed by atoms with Gasteiger partial charge in [0.05, 0.1) is 6.61 Å². The highest BCUT2D eigenvalue weighted by atomic mass is 32.2. The monoisotopic (exact) mass is 339 g/mol. The van der Waals surface area contributed by atoms with Gasteiger partial charge in [-0.25, -0.2) is 13.2 Å². The molecule has 0 aromatic heterocycles. The van der Waals surface area contributed by atoms with Crippen LogP contribution in [0.5, 0.6) is 0 Å². The number of ether oxygens (including phenoxy) is 2. The van der Waals surface area contributed by atoms with Crippen molar-refractivity contribution < 1.29 is 27.5 Å². The van der Waals surface area contributed by atoms with E-state index in [1.165, 1.54) is 13.0 Å². The van der Waals surface area contributed by atoms with Crippen LogP contribution in [0.4, 0.5) is 0 Å². The van der Waals surface area contributed by atoms with Crippen molar-refractivity contribution in [3.63, 3.8) is 0 Å². The molecule has 8 heteroatoms. The van der Waals surface area contributed by atoms with Gasteiger partial charge in [-0.15, -0.1) is 0 Å². The quantitative estimate of drug-likeness (QED) is 0.771. The molecular formula is C15H17NO6S. The van der Waals surface area contributed by atoms with Crippen molar-refractivity contribution in [1.82, 2.24) is 4.72 Å². The Labute approximate surface area is 134 Å². The molecule has 124 valence electrons. The molecule has 1 saturated heterocycles. The fourth-order valence-electron chi connectivity index (χ4n) is 1.89. The molecule has 1 N–H and O–H groups in total. The lowest BCUT2D eigenvalue weighted by Gasteiger charge is -2.14. The standard InChI is InChI=1S/C15H17NO6S/c1-11(14(17)22-13-7-9-21-15(13)18)16-23(19,20)10-8-12-5-3-2-4-6-12/h2-6,8,10-11,13,16H,7,9H2,1H3. The molecule has 0 amide bonds. The van der Waals surface area contributed by atoms with Crippen molar-refractivity contribution in [2.45, 2.75) is 25.5 Å². The topological polar surface area (TPSA) is 98.8 Å². The van der Waals surface area contributed by atoms with Gasteiger partial charge in [0.2, 0.25) is 16.1 Å². The molecule has 0 saturated carbocycles. The van der Waals surface area contributed by atoms with Gasteiger partial charge in [-0.05, 0) is 18.6 Å². The second kappa shape index (κ2) is 7.38. The van der Waals surface area contributed by atoms with Crippen LogP contribution in [0.15, 0.2) is 35.7 Å². The third kappa shape index (κ3) is 5.19. The summed E-state index contributed by atoms with van der Waals surface area (Å²) in [6.45, 7) is 1.53. The Bertz CT molecular complexity index is 698. The zero-order valence-electron chi connectivity index (χ0n) is 12.5. The molecule has 1 aliphatic heterocycles. The molecule has 2 atom stereocenters. The number of hydrogen-bond donors (Lipinski definition) is 1. The molecule has 0 spiro atoms. The average Bonchev–Trinajstić information content (AvgIpc) is 2.91. The molecule has 1 heterocycles. The Hall–Kier alpha value is -2.19. The minimum Gasteiger partial charge on any atom is -0.463 e. The molecule has 1 aliphatic rings. The molecule has 2 unspecified atom stereocenters. The van der Waals surface area contributed by atoms with E-state index in [0.717, 1.165) is 5.41 Å². The summed E-state index contributed by atoms with van der Waals surface area (Å²) in [5.74, 6) is -1.44. The first-order valence-corrected chi connectivity index (χ1v) is 8.54. The van der Waals surface area contributed by atoms with Crippen LogP contribution in [0.25, 0.3) is 6.08 Å². The molecule has 7 nitrogen and oxygen atoms in total. The highest BCUT2D eigenvalue weighted by Crippen LogP contribution is 2.11. The maximum atomic E-state index is 11.9. The highest BCUT2D eigenvalue weighted by Gasteiger charge is 2.32. The Balaban J connectivity index is 1.92. The molecule has 0 radical (unpaired) electrons. The minimum absolute atomic E-state index is 0.191. The molecule has 1 fully saturated rings. The predicted octanol–water partition coefficient (Wildman–Crippen LogP) is 0.824. The van der Waals surface area contributed by atoms with E-state index in [1.54, 1.807) is 24.3 Å². The molecule has 0 aliphatic carbocycles. The third-order valence-electron chi connectivity index (χ3n) is 3.08. The number of rotatable bonds is 6. The summed E-state index contributed by atoms with van der Waals surface area (Å²) in [4.78, 5) is 23.0. The molecule has 1 aromatic carbocycles. The van der Waals surface area contributed by atoms with E-state index in [9.17, 15) is 18.0 Å². The summed E-state index contributed by atoms with van der Waals surface area (Å²) in [6, 6.07) is 7.75. The summed E-state index contributed by atoms with van der Waals surface area (Å²) >= 11 is 0. The maximum absolute atomic E-state index is 11.9. The Morgan fingerprint density at radius 2 is 2.09 bits per heavy atom. The van der Waals surface area contributed by atoms with Crippen LogP contribution >= 0.6 is 0 Å². The van der Waals surface area contributed by atoms with Gasteiger partial charge < -0.3 is 9.47 Å². The van der Waals surface area contributed by atoms with E-state index in [0.29, 0.717) is 5.56 Å². The fourth-order valence-corrected chi connectivity index (χ4v) is 2.90. The van der Waals surface area contributed by atoms with Gasteiger partial charge in [0.1, 0.15) is 6.04 Å². The van der Waals surface area contributed by atoms with Crippen LogP contribution in [-0.2, 0) is 29.1 Å². The van der Waals surface area contributed by atoms with Gasteiger partial charge in [0, 0.05) is 11.8 Å². The first-order chi connectivity index (χ1) is 10.9. The van der Waals surface area contributed by atoms with Crippen LogP contribution in [0.1, 0.15) is 18.9 Å². The number of sulfonamides is 1. The SMILES string of the molecule is CC(NS(=O)(=O)C=Cc1ccccc1)C(=O)OC1CCOC1=O. The summed E-state index contributed by atoms with van der Waals surface area (Å²) in [5.41, 5.74) is 0.710. The summed E-state index contributed by atoms with van der Waals surface area (Å²) < 4.78 is 35.6. The van der Waals surface area contributed by atoms with E-state index >= 15 is 0 Å². The lowest BCUT2D eigenvalue weighted by molar-refractivity contribution is -0.161. The van der Waals surface area contributed by atoms with Gasteiger partial charge in [-0.2, -0.15) is 4.72 Å². The van der Waals surface area contributed by atoms with Gasteiger partial charge in [0.25, 0.3) is 0 Å². The molecule has 23 heavy (non-hydrogen) atoms. The van der Waals surface area contributed by atoms with E-state index < -0.39 is 34.1 Å². The number of cyclic esters (lactones) is 1. The van der Waals surface area contributed by atoms with Crippen LogP contribution in [0, 0.1) is 0 Å². The third-order valence-corrected chi connectivity index (χ3v) is 4.26. The number of carbonyl (C=O) groups excluding carboxylic acids is 2. The largest absolute Gasteiger partial charge is 0.463 e. The van der Waals surface area contributed by atoms with Crippen LogP contribution in [-0.4, -0.2) is 39.1 Å². The van der Waals surface area contributed by atoms with Gasteiger partial charge >= 0.3 is 11.9 Å². The Morgan fingerprint density at radius 1 is 1.39 bits per heavy atom. The van der Waals surface area contributed by atoms with Crippen LogP contribution in [0.3, 0.4) is 0 Å². The normalized spacial score (nSPS) is 19.5. The predicted molar refractivity (Wildman–Crippen MR) is 82.4 cm³/mol. The zero-order valence-corrected chi connectivity index (χ0v) is 13.3. The summed E-state index contributed by atoms with van der Waals surface area (Å²) in [5, 5.41) is 0.968. The smallest absolute Gasteiger partial charge is 0.347 e. The Kier molecular flexibility index (Phi) is 5.51. The second-order valence-electron chi connectivity index (χ2n) is 4.98. The second-order valence-corrected chi connectivity index (χ2v) is 6.58. The highest BCUT2D eigenvalue weighted by molar-refractivity contribution is 7.92. The summed E-state index contributed by atoms with van der Waals surface area (Å²) in [7, 11) is -3.82. The van der Waals surface area contributed by atoms with Crippen molar-refractivity contribution in [1.29, 1.82) is 0 Å². The molecule has 0 bridgehead atoms. The van der Waals surface area contributed by atoms with E-state index in [1.807, 2.05) is 6.07 Å². The number of nitrogens with one attached hydrogen (secondary N) is 1. The first-order valence-electron chi connectivity index (χ1n) is 7.00. The number of benzene rings is 1. The number of carbonyl (C=O) groups is 2. The summed E-state index contributed by atoms with van der Waals surface area (Å²) in [6.07, 6.45) is 0.724. The first kappa shape index (κ1) is 17.2. The van der Waals surface area contributed by atoms with Crippen molar-refractivity contribution in [2.24, 2.45) is 0 Å². The van der Waals surface area contributed by atoms with Gasteiger partial charge in [0.15, 0.2) is 0 Å².